The number of thioether (sulfide) groups is 1. The molecule has 62 heavy (non-hydrogen) atoms. The Labute approximate surface area is 351 Å². The van der Waals surface area contributed by atoms with Gasteiger partial charge in [-0.25, -0.2) is 0 Å². The Hall–Kier alpha value is -7.40. The quantitative estimate of drug-likeness (QED) is 0.0705. The van der Waals surface area contributed by atoms with Crippen molar-refractivity contribution in [2.24, 2.45) is 0 Å². The Morgan fingerprint density at radius 2 is 0.968 bits per heavy atom. The molecule has 0 saturated heterocycles. The van der Waals surface area contributed by atoms with Crippen LogP contribution in [0, 0.1) is 42.7 Å². The van der Waals surface area contributed by atoms with Crippen LogP contribution < -0.4 is 19.9 Å². The predicted molar refractivity (Wildman–Crippen MR) is 210 cm³/mol. The maximum Gasteiger partial charge on any atom is 0.573 e. The van der Waals surface area contributed by atoms with Gasteiger partial charge in [0.05, 0.1) is 5.57 Å². The first kappa shape index (κ1) is 42.7. The standard InChI is InChI=1S/C46H23F9N4O2S/c1-24-4-6-25(7-5-24)40-36(43(58-2)59-3)21-35-39(27-10-16-31(17-11-27)61-45(50,51)52)41-34(38(42(35)40)26-8-14-30(15-9-26)60-44(47,48)49)20-33(29(22-56)23-57)37(41)28-12-18-32(19-13-28)62-46(53,54)55/h4-19H,20-21H2,1H3. The third-order valence-electron chi connectivity index (χ3n) is 9.99. The van der Waals surface area contributed by atoms with E-state index in [9.17, 15) is 50.0 Å². The van der Waals surface area contributed by atoms with Crippen molar-refractivity contribution < 1.29 is 49.0 Å². The number of nitriles is 2. The fourth-order valence-corrected chi connectivity index (χ4v) is 8.32. The minimum Gasteiger partial charge on any atom is -0.406 e. The highest BCUT2D eigenvalue weighted by Gasteiger charge is 2.38. The second-order valence-corrected chi connectivity index (χ2v) is 14.9. The molecule has 0 spiro atoms. The SMILES string of the molecule is [C-]#[N+]C([N+]#[C-])=C1Cc2c(-c3ccc(OC(F)(F)F)cc3)c3c(c(-c4ccc(OC(F)(F)F)cc4)c2=C1c1ccc(C)cc1)CC(=C(C#N)C#N)C=3c1ccc(SC(F)(F)F)cc1. The zero-order chi connectivity index (χ0) is 44.7. The molecule has 0 saturated carbocycles. The summed E-state index contributed by atoms with van der Waals surface area (Å²) in [7, 11) is 0. The van der Waals surface area contributed by atoms with Gasteiger partial charge in [-0.3, -0.25) is 0 Å². The van der Waals surface area contributed by atoms with Gasteiger partial charge < -0.3 is 9.47 Å². The number of fused-ring (bicyclic) bond motifs is 2. The molecule has 16 heteroatoms. The van der Waals surface area contributed by atoms with E-state index in [1.54, 1.807) is 24.3 Å². The van der Waals surface area contributed by atoms with E-state index in [1.165, 1.54) is 48.5 Å². The van der Waals surface area contributed by atoms with Gasteiger partial charge in [0.15, 0.2) is 0 Å². The summed E-state index contributed by atoms with van der Waals surface area (Å²) in [4.78, 5) is 6.89. The highest BCUT2D eigenvalue weighted by atomic mass is 32.2. The van der Waals surface area contributed by atoms with E-state index in [4.69, 9.17) is 13.1 Å². The van der Waals surface area contributed by atoms with E-state index >= 15 is 0 Å². The van der Waals surface area contributed by atoms with E-state index in [0.29, 0.717) is 49.4 Å². The van der Waals surface area contributed by atoms with E-state index in [2.05, 4.69) is 19.2 Å². The fraction of sp³-hybridized carbons (Fsp3) is 0.130. The fourth-order valence-electron chi connectivity index (χ4n) is 7.78. The van der Waals surface area contributed by atoms with Crippen LogP contribution in [0.2, 0.25) is 0 Å². The van der Waals surface area contributed by atoms with Crippen LogP contribution in [-0.2, 0) is 12.8 Å². The summed E-state index contributed by atoms with van der Waals surface area (Å²) in [6.07, 6.45) is -10.4. The van der Waals surface area contributed by atoms with Crippen molar-refractivity contribution in [1.29, 1.82) is 10.5 Å². The number of aryl methyl sites for hydroxylation is 1. The molecule has 0 atom stereocenters. The molecule has 5 aromatic rings. The van der Waals surface area contributed by atoms with Gasteiger partial charge in [-0.2, -0.15) is 33.4 Å². The molecule has 7 rings (SSSR count). The first-order valence-corrected chi connectivity index (χ1v) is 18.8. The van der Waals surface area contributed by atoms with Gasteiger partial charge in [-0.1, -0.05) is 66.2 Å². The van der Waals surface area contributed by atoms with Crippen LogP contribution in [0.4, 0.5) is 39.5 Å². The molecule has 0 amide bonds. The number of benzene rings is 5. The lowest BCUT2D eigenvalue weighted by Gasteiger charge is -2.18. The van der Waals surface area contributed by atoms with Crippen molar-refractivity contribution in [2.75, 3.05) is 0 Å². The summed E-state index contributed by atoms with van der Waals surface area (Å²) >= 11 is -0.369. The van der Waals surface area contributed by atoms with Gasteiger partial charge >= 0.3 is 24.1 Å². The number of alkyl halides is 9. The van der Waals surface area contributed by atoms with E-state index < -0.39 is 29.7 Å². The van der Waals surface area contributed by atoms with Gasteiger partial charge in [-0.05, 0) is 133 Å². The average Bonchev–Trinajstić information content (AvgIpc) is 3.77. The van der Waals surface area contributed by atoms with Crippen molar-refractivity contribution >= 4 is 22.9 Å². The average molecular weight is 867 g/mol. The number of nitrogens with zero attached hydrogens (tertiary/aromatic N) is 4. The molecule has 2 aliphatic rings. The Balaban J connectivity index is 1.74. The molecule has 0 fully saturated rings. The van der Waals surface area contributed by atoms with Crippen molar-refractivity contribution in [1.82, 2.24) is 0 Å². The molecule has 2 aliphatic carbocycles. The lowest BCUT2D eigenvalue weighted by Crippen LogP contribution is -2.25. The van der Waals surface area contributed by atoms with Gasteiger partial charge in [0.25, 0.3) is 0 Å². The largest absolute Gasteiger partial charge is 0.573 e. The third kappa shape index (κ3) is 8.60. The van der Waals surface area contributed by atoms with Gasteiger partial charge in [0, 0.05) is 11.3 Å². The summed E-state index contributed by atoms with van der Waals surface area (Å²) in [5, 5.41) is 21.3. The molecule has 0 aliphatic heterocycles. The summed E-state index contributed by atoms with van der Waals surface area (Å²) in [5.41, 5.74) is -0.205. The number of hydrogen-bond donors (Lipinski definition) is 0. The predicted octanol–water partition coefficient (Wildman–Crippen LogP) is 11.6. The van der Waals surface area contributed by atoms with Crippen LogP contribution in [0.25, 0.3) is 43.1 Å². The number of hydrogen-bond acceptors (Lipinski definition) is 5. The molecule has 5 aromatic carbocycles. The Morgan fingerprint density at radius 1 is 0.581 bits per heavy atom. The molecule has 308 valence electrons. The molecule has 0 N–H and O–H groups in total. The van der Waals surface area contributed by atoms with Crippen LogP contribution in [0.1, 0.15) is 27.8 Å². The number of allylic oxidation sites excluding steroid dienone is 3. The van der Waals surface area contributed by atoms with Crippen molar-refractivity contribution in [3.8, 4) is 45.9 Å². The van der Waals surface area contributed by atoms with Crippen LogP contribution in [0.3, 0.4) is 0 Å². The molecule has 0 heterocycles. The third-order valence-corrected chi connectivity index (χ3v) is 10.7. The van der Waals surface area contributed by atoms with Crippen LogP contribution in [-0.4, -0.2) is 18.2 Å². The zero-order valence-electron chi connectivity index (χ0n) is 31.6. The first-order chi connectivity index (χ1) is 29.3. The summed E-state index contributed by atoms with van der Waals surface area (Å²) in [6, 6.07) is 25.8. The maximum atomic E-state index is 13.4. The van der Waals surface area contributed by atoms with Gasteiger partial charge in [0.2, 0.25) is 0 Å². The van der Waals surface area contributed by atoms with Crippen LogP contribution in [0.15, 0.2) is 124 Å². The van der Waals surface area contributed by atoms with Crippen molar-refractivity contribution in [3.63, 3.8) is 0 Å². The monoisotopic (exact) mass is 866 g/mol. The second-order valence-electron chi connectivity index (χ2n) is 13.7. The van der Waals surface area contributed by atoms with Gasteiger partial charge in [-0.15, -0.1) is 26.3 Å². The van der Waals surface area contributed by atoms with E-state index in [0.717, 1.165) is 29.8 Å². The molecular weight excluding hydrogens is 844 g/mol. The molecule has 0 bridgehead atoms. The number of ether oxygens (including phenoxy) is 2. The van der Waals surface area contributed by atoms with Gasteiger partial charge in [0.1, 0.15) is 42.4 Å². The van der Waals surface area contributed by atoms with Crippen molar-refractivity contribution in [3.05, 3.63) is 181 Å². The van der Waals surface area contributed by atoms with Crippen LogP contribution >= 0.6 is 11.8 Å². The summed E-state index contributed by atoms with van der Waals surface area (Å²) in [6.45, 7) is 17.8. The Kier molecular flexibility index (Phi) is 11.2. The highest BCUT2D eigenvalue weighted by molar-refractivity contribution is 8.00. The number of halogens is 9. The highest BCUT2D eigenvalue weighted by Crippen LogP contribution is 2.44. The molecule has 0 aromatic heterocycles. The zero-order valence-corrected chi connectivity index (χ0v) is 32.4. The first-order valence-electron chi connectivity index (χ1n) is 18.0. The molecular formula is C46H23F9N4O2S. The normalized spacial score (nSPS) is 13.4. The molecule has 0 unspecified atom stereocenters. The van der Waals surface area contributed by atoms with Crippen LogP contribution in [0.5, 0.6) is 11.5 Å². The van der Waals surface area contributed by atoms with E-state index in [-0.39, 0.29) is 68.7 Å². The summed E-state index contributed by atoms with van der Waals surface area (Å²) in [5.74, 6) is -1.43. The topological polar surface area (TPSA) is 74.8 Å². The lowest BCUT2D eigenvalue weighted by atomic mass is 9.86. The summed E-state index contributed by atoms with van der Waals surface area (Å²) < 4.78 is 128. The minimum absolute atomic E-state index is 0.124. The lowest BCUT2D eigenvalue weighted by molar-refractivity contribution is -0.275. The van der Waals surface area contributed by atoms with E-state index in [1.807, 2.05) is 19.1 Å². The van der Waals surface area contributed by atoms with Crippen molar-refractivity contribution in [2.45, 2.75) is 42.9 Å². The smallest absolute Gasteiger partial charge is 0.406 e. The number of rotatable bonds is 7. The maximum absolute atomic E-state index is 13.4. The Bertz CT molecular complexity index is 2980. The second kappa shape index (κ2) is 16.2. The Morgan fingerprint density at radius 3 is 1.35 bits per heavy atom. The molecule has 0 radical (unpaired) electrons. The minimum atomic E-state index is -5.04. The molecule has 6 nitrogen and oxygen atoms in total.